The standard InChI is InChI=1S/C13H23NO2/c1-9-5-6-11(8-10(9)2)14-7-3-4-12(14)13(15)16/h9-12H,3-8H2,1-2H3,(H,15,16). The van der Waals surface area contributed by atoms with Gasteiger partial charge >= 0.3 is 5.97 Å². The van der Waals surface area contributed by atoms with Gasteiger partial charge in [0, 0.05) is 6.04 Å². The van der Waals surface area contributed by atoms with E-state index in [1.165, 1.54) is 19.3 Å². The lowest BCUT2D eigenvalue weighted by atomic mass is 9.78. The van der Waals surface area contributed by atoms with E-state index in [1.54, 1.807) is 0 Å². The summed E-state index contributed by atoms with van der Waals surface area (Å²) in [7, 11) is 0. The molecule has 4 atom stereocenters. The van der Waals surface area contributed by atoms with E-state index in [0.717, 1.165) is 31.2 Å². The van der Waals surface area contributed by atoms with Crippen LogP contribution in [0, 0.1) is 11.8 Å². The van der Waals surface area contributed by atoms with Crippen molar-refractivity contribution in [1.29, 1.82) is 0 Å². The molecule has 4 unspecified atom stereocenters. The maximum atomic E-state index is 11.2. The summed E-state index contributed by atoms with van der Waals surface area (Å²) in [5, 5.41) is 9.19. The highest BCUT2D eigenvalue weighted by Crippen LogP contribution is 2.35. The van der Waals surface area contributed by atoms with Crippen molar-refractivity contribution in [2.24, 2.45) is 11.8 Å². The van der Waals surface area contributed by atoms with Crippen LogP contribution >= 0.6 is 0 Å². The lowest BCUT2D eigenvalue weighted by Gasteiger charge is -2.39. The number of carboxylic acids is 1. The third kappa shape index (κ3) is 2.24. The molecule has 0 bridgehead atoms. The van der Waals surface area contributed by atoms with Crippen LogP contribution in [0.5, 0.6) is 0 Å². The van der Waals surface area contributed by atoms with E-state index in [9.17, 15) is 9.90 Å². The smallest absolute Gasteiger partial charge is 0.320 e. The van der Waals surface area contributed by atoms with E-state index in [1.807, 2.05) is 0 Å². The number of carbonyl (C=O) groups is 1. The summed E-state index contributed by atoms with van der Waals surface area (Å²) in [6, 6.07) is 0.320. The number of carboxylic acid groups (broad SMARTS) is 1. The predicted molar refractivity (Wildman–Crippen MR) is 63.3 cm³/mol. The minimum absolute atomic E-state index is 0.203. The van der Waals surface area contributed by atoms with Crippen LogP contribution in [0.2, 0.25) is 0 Å². The van der Waals surface area contributed by atoms with Crippen molar-refractivity contribution in [3.8, 4) is 0 Å². The largest absolute Gasteiger partial charge is 0.480 e. The molecule has 0 aromatic heterocycles. The van der Waals surface area contributed by atoms with Gasteiger partial charge in [0.15, 0.2) is 0 Å². The summed E-state index contributed by atoms with van der Waals surface area (Å²) < 4.78 is 0. The SMILES string of the molecule is CC1CCC(N2CCCC2C(=O)O)CC1C. The first kappa shape index (κ1) is 11.9. The first-order valence-electron chi connectivity index (χ1n) is 6.58. The molecular formula is C13H23NO2. The summed E-state index contributed by atoms with van der Waals surface area (Å²) in [4.78, 5) is 13.4. The minimum Gasteiger partial charge on any atom is -0.480 e. The van der Waals surface area contributed by atoms with Crippen LogP contribution in [0.25, 0.3) is 0 Å². The Kier molecular flexibility index (Phi) is 3.53. The molecule has 0 amide bonds. The quantitative estimate of drug-likeness (QED) is 0.784. The molecule has 0 radical (unpaired) electrons. The van der Waals surface area contributed by atoms with Crippen LogP contribution < -0.4 is 0 Å². The molecule has 3 heteroatoms. The van der Waals surface area contributed by atoms with Crippen molar-refractivity contribution in [2.75, 3.05) is 6.54 Å². The molecule has 2 rings (SSSR count). The highest BCUT2D eigenvalue weighted by atomic mass is 16.4. The van der Waals surface area contributed by atoms with E-state index in [4.69, 9.17) is 0 Å². The van der Waals surface area contributed by atoms with Gasteiger partial charge in [0.2, 0.25) is 0 Å². The number of hydrogen-bond acceptors (Lipinski definition) is 2. The van der Waals surface area contributed by atoms with Crippen LogP contribution in [0.15, 0.2) is 0 Å². The minimum atomic E-state index is -0.622. The monoisotopic (exact) mass is 225 g/mol. The Labute approximate surface area is 97.8 Å². The molecule has 0 aromatic rings. The van der Waals surface area contributed by atoms with Crippen molar-refractivity contribution in [3.05, 3.63) is 0 Å². The van der Waals surface area contributed by atoms with Gasteiger partial charge in [0.1, 0.15) is 6.04 Å². The van der Waals surface area contributed by atoms with Crippen molar-refractivity contribution < 1.29 is 9.90 Å². The van der Waals surface area contributed by atoms with Crippen LogP contribution in [-0.2, 0) is 4.79 Å². The number of likely N-dealkylation sites (tertiary alicyclic amines) is 1. The highest BCUT2D eigenvalue weighted by molar-refractivity contribution is 5.73. The normalized spacial score (nSPS) is 41.1. The van der Waals surface area contributed by atoms with Gasteiger partial charge in [-0.1, -0.05) is 13.8 Å². The maximum absolute atomic E-state index is 11.2. The Morgan fingerprint density at radius 3 is 2.56 bits per heavy atom. The topological polar surface area (TPSA) is 40.5 Å². The Morgan fingerprint density at radius 1 is 1.19 bits per heavy atom. The molecule has 1 aliphatic heterocycles. The fraction of sp³-hybridized carbons (Fsp3) is 0.923. The third-order valence-electron chi connectivity index (χ3n) is 4.62. The van der Waals surface area contributed by atoms with Crippen LogP contribution in [-0.4, -0.2) is 34.6 Å². The van der Waals surface area contributed by atoms with Crippen molar-refractivity contribution in [2.45, 2.75) is 58.0 Å². The number of aliphatic carboxylic acids is 1. The fourth-order valence-electron chi connectivity index (χ4n) is 3.31. The average Bonchev–Trinajstić information content (AvgIpc) is 2.71. The van der Waals surface area contributed by atoms with Gasteiger partial charge in [-0.15, -0.1) is 0 Å². The van der Waals surface area contributed by atoms with E-state index < -0.39 is 5.97 Å². The molecule has 1 N–H and O–H groups in total. The summed E-state index contributed by atoms with van der Waals surface area (Å²) in [6.07, 6.45) is 5.53. The van der Waals surface area contributed by atoms with Gasteiger partial charge in [-0.25, -0.2) is 0 Å². The zero-order chi connectivity index (χ0) is 11.7. The molecule has 92 valence electrons. The van der Waals surface area contributed by atoms with Crippen LogP contribution in [0.1, 0.15) is 46.0 Å². The van der Waals surface area contributed by atoms with E-state index in [-0.39, 0.29) is 6.04 Å². The van der Waals surface area contributed by atoms with Crippen LogP contribution in [0.3, 0.4) is 0 Å². The maximum Gasteiger partial charge on any atom is 0.320 e. The second-order valence-corrected chi connectivity index (χ2v) is 5.66. The highest BCUT2D eigenvalue weighted by Gasteiger charge is 2.37. The molecule has 1 saturated carbocycles. The van der Waals surface area contributed by atoms with E-state index in [0.29, 0.717) is 6.04 Å². The zero-order valence-electron chi connectivity index (χ0n) is 10.4. The van der Waals surface area contributed by atoms with E-state index >= 15 is 0 Å². The summed E-state index contributed by atoms with van der Waals surface area (Å²) >= 11 is 0. The predicted octanol–water partition coefficient (Wildman–Crippen LogP) is 2.36. The van der Waals surface area contributed by atoms with Gasteiger partial charge < -0.3 is 5.11 Å². The van der Waals surface area contributed by atoms with E-state index in [2.05, 4.69) is 18.7 Å². The molecule has 0 spiro atoms. The zero-order valence-corrected chi connectivity index (χ0v) is 10.4. The van der Waals surface area contributed by atoms with Gasteiger partial charge in [-0.2, -0.15) is 0 Å². The molecule has 1 aliphatic carbocycles. The van der Waals surface area contributed by atoms with Crippen molar-refractivity contribution >= 4 is 5.97 Å². The summed E-state index contributed by atoms with van der Waals surface area (Å²) in [6.45, 7) is 5.62. The first-order valence-corrected chi connectivity index (χ1v) is 6.58. The number of rotatable bonds is 2. The lowest BCUT2D eigenvalue weighted by Crippen LogP contribution is -2.46. The summed E-state index contributed by atoms with van der Waals surface area (Å²) in [5.74, 6) is 0.930. The van der Waals surface area contributed by atoms with Crippen molar-refractivity contribution in [1.82, 2.24) is 4.90 Å². The Balaban J connectivity index is 1.99. The third-order valence-corrected chi connectivity index (χ3v) is 4.62. The molecule has 2 aliphatic rings. The summed E-state index contributed by atoms with van der Waals surface area (Å²) in [5.41, 5.74) is 0. The Morgan fingerprint density at radius 2 is 1.94 bits per heavy atom. The average molecular weight is 225 g/mol. The lowest BCUT2D eigenvalue weighted by molar-refractivity contribution is -0.143. The van der Waals surface area contributed by atoms with Gasteiger partial charge in [-0.05, 0) is 50.5 Å². The van der Waals surface area contributed by atoms with Gasteiger partial charge in [0.25, 0.3) is 0 Å². The van der Waals surface area contributed by atoms with Crippen LogP contribution in [0.4, 0.5) is 0 Å². The number of hydrogen-bond donors (Lipinski definition) is 1. The number of nitrogens with zero attached hydrogens (tertiary/aromatic N) is 1. The molecule has 0 aromatic carbocycles. The molecule has 3 nitrogen and oxygen atoms in total. The molecule has 1 heterocycles. The Bertz CT molecular complexity index is 267. The van der Waals surface area contributed by atoms with Gasteiger partial charge in [0.05, 0.1) is 0 Å². The second-order valence-electron chi connectivity index (χ2n) is 5.66. The van der Waals surface area contributed by atoms with Gasteiger partial charge in [-0.3, -0.25) is 9.69 Å². The molecular weight excluding hydrogens is 202 g/mol. The van der Waals surface area contributed by atoms with Crippen molar-refractivity contribution in [3.63, 3.8) is 0 Å². The molecule has 16 heavy (non-hydrogen) atoms. The first-order chi connectivity index (χ1) is 7.59. The second kappa shape index (κ2) is 4.74. The fourth-order valence-corrected chi connectivity index (χ4v) is 3.31. The molecule has 2 fully saturated rings. The molecule has 1 saturated heterocycles. The Hall–Kier alpha value is -0.570.